The number of hydrogen-bond acceptors (Lipinski definition) is 4. The van der Waals surface area contributed by atoms with Crippen LogP contribution in [0.4, 0.5) is 11.4 Å². The van der Waals surface area contributed by atoms with Gasteiger partial charge in [0.2, 0.25) is 11.8 Å². The Bertz CT molecular complexity index is 864. The molecule has 0 unspecified atom stereocenters. The van der Waals surface area contributed by atoms with E-state index in [2.05, 4.69) is 10.6 Å². The highest BCUT2D eigenvalue weighted by atomic mass is 32.2. The van der Waals surface area contributed by atoms with Crippen LogP contribution in [-0.2, 0) is 20.8 Å². The molecule has 0 fully saturated rings. The van der Waals surface area contributed by atoms with E-state index in [4.69, 9.17) is 0 Å². The van der Waals surface area contributed by atoms with Gasteiger partial charge in [0.25, 0.3) is 0 Å². The van der Waals surface area contributed by atoms with Gasteiger partial charge in [0.15, 0.2) is 5.12 Å². The van der Waals surface area contributed by atoms with Crippen molar-refractivity contribution in [1.82, 2.24) is 0 Å². The van der Waals surface area contributed by atoms with Gasteiger partial charge in [0.1, 0.15) is 0 Å². The van der Waals surface area contributed by atoms with Crippen LogP contribution in [-0.4, -0.2) is 16.9 Å². The lowest BCUT2D eigenvalue weighted by Gasteiger charge is -2.20. The van der Waals surface area contributed by atoms with Crippen molar-refractivity contribution < 1.29 is 14.4 Å². The Morgan fingerprint density at radius 3 is 1.77 bits per heavy atom. The van der Waals surface area contributed by atoms with E-state index in [1.165, 1.54) is 0 Å². The van der Waals surface area contributed by atoms with Gasteiger partial charge >= 0.3 is 0 Å². The Morgan fingerprint density at radius 1 is 0.733 bits per heavy atom. The molecule has 2 rings (SSSR count). The van der Waals surface area contributed by atoms with Crippen molar-refractivity contribution in [1.29, 1.82) is 0 Å². The fourth-order valence-electron chi connectivity index (χ4n) is 2.39. The van der Waals surface area contributed by atoms with Crippen LogP contribution in [0.3, 0.4) is 0 Å². The van der Waals surface area contributed by atoms with Gasteiger partial charge in [-0.3, -0.25) is 14.4 Å². The number of thioether (sulfide) groups is 1. The molecule has 2 amide bonds. The molecule has 0 aromatic heterocycles. The second kappa shape index (κ2) is 9.47. The number of hydrogen-bond donors (Lipinski definition) is 2. The molecule has 0 saturated heterocycles. The number of carbonyl (C=O) groups excluding carboxylic acids is 3. The van der Waals surface area contributed by atoms with Crippen molar-refractivity contribution in [2.24, 2.45) is 10.8 Å². The minimum absolute atomic E-state index is 0.0788. The molecular formula is C24H30N2O3S. The Labute approximate surface area is 183 Å². The normalized spacial score (nSPS) is 11.7. The summed E-state index contributed by atoms with van der Waals surface area (Å²) in [5.74, 6) is -0.219. The van der Waals surface area contributed by atoms with Crippen LogP contribution in [0.5, 0.6) is 0 Å². The molecule has 0 radical (unpaired) electrons. The van der Waals surface area contributed by atoms with Crippen molar-refractivity contribution in [3.8, 4) is 0 Å². The molecule has 0 atom stereocenters. The van der Waals surface area contributed by atoms with Crippen LogP contribution in [0.25, 0.3) is 0 Å². The summed E-state index contributed by atoms with van der Waals surface area (Å²) in [5, 5.41) is 5.74. The van der Waals surface area contributed by atoms with E-state index in [1.807, 2.05) is 77.9 Å². The second-order valence-electron chi connectivity index (χ2n) is 9.21. The average molecular weight is 427 g/mol. The Morgan fingerprint density at radius 2 is 1.20 bits per heavy atom. The predicted octanol–water partition coefficient (Wildman–Crippen LogP) is 5.52. The molecule has 6 heteroatoms. The fourth-order valence-corrected chi connectivity index (χ4v) is 3.24. The number of amides is 2. The summed E-state index contributed by atoms with van der Waals surface area (Å²) in [4.78, 5) is 38.2. The number of rotatable bonds is 5. The number of benzene rings is 2. The van der Waals surface area contributed by atoms with Crippen molar-refractivity contribution >= 4 is 40.1 Å². The molecule has 5 nitrogen and oxygen atoms in total. The summed E-state index contributed by atoms with van der Waals surface area (Å²) in [7, 11) is 0. The highest BCUT2D eigenvalue weighted by Gasteiger charge is 2.24. The monoisotopic (exact) mass is 426 g/mol. The maximum Gasteiger partial charge on any atom is 0.229 e. The topological polar surface area (TPSA) is 75.3 Å². The number of para-hydroxylation sites is 2. The zero-order valence-corrected chi connectivity index (χ0v) is 19.3. The molecule has 2 aromatic rings. The van der Waals surface area contributed by atoms with E-state index in [-0.39, 0.29) is 23.4 Å². The highest BCUT2D eigenvalue weighted by molar-refractivity contribution is 8.13. The smallest absolute Gasteiger partial charge is 0.229 e. The minimum Gasteiger partial charge on any atom is -0.325 e. The summed E-state index contributed by atoms with van der Waals surface area (Å²) < 4.78 is 0. The van der Waals surface area contributed by atoms with Gasteiger partial charge in [0.05, 0.1) is 5.69 Å². The van der Waals surface area contributed by atoms with E-state index in [0.29, 0.717) is 16.3 Å². The van der Waals surface area contributed by atoms with Crippen LogP contribution in [0.2, 0.25) is 0 Å². The number of anilines is 2. The van der Waals surface area contributed by atoms with Gasteiger partial charge in [-0.2, -0.15) is 0 Å². The lowest BCUT2D eigenvalue weighted by molar-refractivity contribution is -0.123. The molecule has 2 aromatic carbocycles. The predicted molar refractivity (Wildman–Crippen MR) is 124 cm³/mol. The Hall–Kier alpha value is -2.60. The molecule has 0 bridgehead atoms. The van der Waals surface area contributed by atoms with Gasteiger partial charge < -0.3 is 10.6 Å². The van der Waals surface area contributed by atoms with Gasteiger partial charge in [0, 0.05) is 27.8 Å². The molecule has 0 aliphatic heterocycles. The van der Waals surface area contributed by atoms with E-state index >= 15 is 0 Å². The number of carbonyl (C=O) groups is 3. The molecule has 0 aliphatic rings. The first-order valence-electron chi connectivity index (χ1n) is 9.88. The third-order valence-electron chi connectivity index (χ3n) is 4.32. The highest BCUT2D eigenvalue weighted by Crippen LogP contribution is 2.31. The van der Waals surface area contributed by atoms with E-state index in [9.17, 15) is 14.4 Å². The van der Waals surface area contributed by atoms with Crippen LogP contribution >= 0.6 is 11.8 Å². The molecule has 2 N–H and O–H groups in total. The first-order valence-corrected chi connectivity index (χ1v) is 10.7. The van der Waals surface area contributed by atoms with Crippen molar-refractivity contribution in [2.45, 2.75) is 52.9 Å². The molecule has 0 spiro atoms. The quantitative estimate of drug-likeness (QED) is 0.618. The van der Waals surface area contributed by atoms with Gasteiger partial charge in [-0.1, -0.05) is 71.9 Å². The standard InChI is InChI=1S/C24H30N2O3S/c1-23(2,3)21(28)25-17-12-8-7-11-16(17)15-20(27)30-19-14-10-9-13-18(19)26-22(29)24(4,5)6/h7-14H,15H2,1-6H3,(H,25,28)(H,26,29). The molecule has 0 heterocycles. The lowest BCUT2D eigenvalue weighted by Crippen LogP contribution is -2.28. The van der Waals surface area contributed by atoms with Crippen molar-refractivity contribution in [2.75, 3.05) is 10.6 Å². The summed E-state index contributed by atoms with van der Waals surface area (Å²) in [5.41, 5.74) is 0.941. The van der Waals surface area contributed by atoms with E-state index in [1.54, 1.807) is 12.1 Å². The summed E-state index contributed by atoms with van der Waals surface area (Å²) in [6.07, 6.45) is 0.160. The minimum atomic E-state index is -0.536. The fraction of sp³-hybridized carbons (Fsp3) is 0.375. The molecule has 30 heavy (non-hydrogen) atoms. The van der Waals surface area contributed by atoms with Crippen molar-refractivity contribution in [3.05, 3.63) is 54.1 Å². The third-order valence-corrected chi connectivity index (χ3v) is 5.27. The van der Waals surface area contributed by atoms with Gasteiger partial charge in [-0.25, -0.2) is 0 Å². The van der Waals surface area contributed by atoms with Crippen LogP contribution in [0.1, 0.15) is 47.1 Å². The first kappa shape index (κ1) is 23.7. The Balaban J connectivity index is 2.15. The molecule has 0 saturated carbocycles. The maximum absolute atomic E-state index is 12.8. The molecule has 0 aliphatic carbocycles. The molecular weight excluding hydrogens is 396 g/mol. The number of nitrogens with one attached hydrogen (secondary N) is 2. The largest absolute Gasteiger partial charge is 0.325 e. The lowest BCUT2D eigenvalue weighted by atomic mass is 9.95. The van der Waals surface area contributed by atoms with Crippen LogP contribution in [0, 0.1) is 10.8 Å². The SMILES string of the molecule is CC(C)(C)C(=O)Nc1ccccc1CC(=O)Sc1ccccc1NC(=O)C(C)(C)C. The summed E-state index contributed by atoms with van der Waals surface area (Å²) in [6, 6.07) is 14.6. The zero-order chi connectivity index (χ0) is 22.5. The van der Waals surface area contributed by atoms with Gasteiger partial charge in [-0.05, 0) is 35.5 Å². The average Bonchev–Trinajstić information content (AvgIpc) is 2.63. The summed E-state index contributed by atoms with van der Waals surface area (Å²) >= 11 is 1.08. The second-order valence-corrected chi connectivity index (χ2v) is 10.3. The summed E-state index contributed by atoms with van der Waals surface area (Å²) in [6.45, 7) is 11.0. The van der Waals surface area contributed by atoms with E-state index in [0.717, 1.165) is 17.3 Å². The van der Waals surface area contributed by atoms with Crippen LogP contribution < -0.4 is 10.6 Å². The molecule has 160 valence electrons. The van der Waals surface area contributed by atoms with Gasteiger partial charge in [-0.15, -0.1) is 0 Å². The maximum atomic E-state index is 12.8. The Kier molecular flexibility index (Phi) is 7.48. The zero-order valence-electron chi connectivity index (χ0n) is 18.5. The van der Waals surface area contributed by atoms with Crippen molar-refractivity contribution in [3.63, 3.8) is 0 Å². The van der Waals surface area contributed by atoms with E-state index < -0.39 is 10.8 Å². The third kappa shape index (κ3) is 6.73. The first-order chi connectivity index (χ1) is 13.9. The van der Waals surface area contributed by atoms with Crippen LogP contribution in [0.15, 0.2) is 53.4 Å².